The summed E-state index contributed by atoms with van der Waals surface area (Å²) in [4.78, 5) is 26.9. The third-order valence-corrected chi connectivity index (χ3v) is 4.21. The van der Waals surface area contributed by atoms with Crippen LogP contribution in [0.2, 0.25) is 0 Å². The molecule has 0 spiro atoms. The van der Waals surface area contributed by atoms with E-state index in [1.807, 2.05) is 32.9 Å². The number of hydrogen-bond donors (Lipinski definition) is 2. The van der Waals surface area contributed by atoms with E-state index >= 15 is 0 Å². The average molecular weight is 334 g/mol. The minimum atomic E-state index is -0.232. The van der Waals surface area contributed by atoms with Gasteiger partial charge in [-0.05, 0) is 44.0 Å². The van der Waals surface area contributed by atoms with Crippen LogP contribution in [0.3, 0.4) is 0 Å². The number of piperazine rings is 1. The Hall–Kier alpha value is -2.08. The van der Waals surface area contributed by atoms with Gasteiger partial charge in [-0.25, -0.2) is 4.79 Å². The zero-order valence-corrected chi connectivity index (χ0v) is 14.9. The summed E-state index contributed by atoms with van der Waals surface area (Å²) in [5, 5.41) is 2.97. The summed E-state index contributed by atoms with van der Waals surface area (Å²) in [6.45, 7) is 10.1. The molecule has 1 aromatic rings. The number of aryl methyl sites for hydroxylation is 2. The molecule has 0 aliphatic carbocycles. The Morgan fingerprint density at radius 3 is 2.38 bits per heavy atom. The maximum absolute atomic E-state index is 12.1. The molecular weight excluding hydrogens is 306 g/mol. The largest absolute Gasteiger partial charge is 0.450 e. The first-order valence-electron chi connectivity index (χ1n) is 8.61. The van der Waals surface area contributed by atoms with Gasteiger partial charge in [0, 0.05) is 5.69 Å². The first-order chi connectivity index (χ1) is 11.5. The summed E-state index contributed by atoms with van der Waals surface area (Å²) in [5.41, 5.74) is 3.15. The van der Waals surface area contributed by atoms with Gasteiger partial charge >= 0.3 is 6.09 Å². The number of anilines is 1. The number of carbonyl (C=O) groups is 2. The van der Waals surface area contributed by atoms with Crippen LogP contribution in [0.5, 0.6) is 0 Å². The standard InChI is InChI=1S/C18H27N3O3/c1-4-24-18(23)21-9-7-20(8-10-21)6-5-17(22)19-16-12-14(2)11-15(3)13-16/h11-13H,4-10H2,1-3H3,(H,19,22)/p+1. The van der Waals surface area contributed by atoms with E-state index in [4.69, 9.17) is 4.74 Å². The van der Waals surface area contributed by atoms with Gasteiger partial charge in [-0.15, -0.1) is 0 Å². The highest BCUT2D eigenvalue weighted by atomic mass is 16.6. The van der Waals surface area contributed by atoms with E-state index in [1.54, 1.807) is 4.90 Å². The zero-order valence-electron chi connectivity index (χ0n) is 14.9. The minimum Gasteiger partial charge on any atom is -0.450 e. The quantitative estimate of drug-likeness (QED) is 0.844. The second kappa shape index (κ2) is 8.68. The maximum Gasteiger partial charge on any atom is 0.410 e. The smallest absolute Gasteiger partial charge is 0.410 e. The molecule has 0 bridgehead atoms. The van der Waals surface area contributed by atoms with Crippen LogP contribution in [-0.2, 0) is 9.53 Å². The molecule has 1 aliphatic heterocycles. The summed E-state index contributed by atoms with van der Waals surface area (Å²) in [7, 11) is 0. The molecule has 0 saturated carbocycles. The number of ether oxygens (including phenoxy) is 1. The molecule has 1 saturated heterocycles. The Morgan fingerprint density at radius 1 is 1.17 bits per heavy atom. The van der Waals surface area contributed by atoms with Crippen molar-refractivity contribution in [3.63, 3.8) is 0 Å². The van der Waals surface area contributed by atoms with Gasteiger partial charge in [0.2, 0.25) is 5.91 Å². The fourth-order valence-corrected chi connectivity index (χ4v) is 3.03. The van der Waals surface area contributed by atoms with Crippen LogP contribution in [0, 0.1) is 13.8 Å². The first kappa shape index (κ1) is 18.3. The maximum atomic E-state index is 12.1. The summed E-state index contributed by atoms with van der Waals surface area (Å²) in [5.74, 6) is 0.0420. The van der Waals surface area contributed by atoms with Crippen molar-refractivity contribution in [1.82, 2.24) is 4.90 Å². The number of hydrogen-bond acceptors (Lipinski definition) is 3. The molecule has 2 rings (SSSR count). The van der Waals surface area contributed by atoms with Crippen molar-refractivity contribution in [2.75, 3.05) is 44.6 Å². The molecule has 1 heterocycles. The van der Waals surface area contributed by atoms with Gasteiger partial charge in [0.1, 0.15) is 0 Å². The normalized spacial score (nSPS) is 15.2. The van der Waals surface area contributed by atoms with Crippen LogP contribution < -0.4 is 10.2 Å². The topological polar surface area (TPSA) is 63.1 Å². The Bertz CT molecular complexity index is 561. The Morgan fingerprint density at radius 2 is 1.79 bits per heavy atom. The zero-order chi connectivity index (χ0) is 17.5. The highest BCUT2D eigenvalue weighted by Gasteiger charge is 2.24. The number of carbonyl (C=O) groups excluding carboxylic acids is 2. The van der Waals surface area contributed by atoms with E-state index in [2.05, 4.69) is 11.4 Å². The molecule has 1 aliphatic rings. The molecule has 6 nitrogen and oxygen atoms in total. The molecule has 0 unspecified atom stereocenters. The van der Waals surface area contributed by atoms with Gasteiger partial charge in [0.25, 0.3) is 0 Å². The highest BCUT2D eigenvalue weighted by molar-refractivity contribution is 5.90. The molecule has 6 heteroatoms. The second-order valence-electron chi connectivity index (χ2n) is 6.36. The number of rotatable bonds is 5. The highest BCUT2D eigenvalue weighted by Crippen LogP contribution is 2.13. The van der Waals surface area contributed by atoms with Crippen LogP contribution in [0.15, 0.2) is 18.2 Å². The lowest BCUT2D eigenvalue weighted by Crippen LogP contribution is -3.15. The van der Waals surface area contributed by atoms with E-state index in [-0.39, 0.29) is 12.0 Å². The average Bonchev–Trinajstić information content (AvgIpc) is 2.52. The summed E-state index contributed by atoms with van der Waals surface area (Å²) in [6.07, 6.45) is 0.256. The van der Waals surface area contributed by atoms with Crippen LogP contribution in [0.25, 0.3) is 0 Å². The van der Waals surface area contributed by atoms with Gasteiger partial charge < -0.3 is 15.0 Å². The van der Waals surface area contributed by atoms with Crippen LogP contribution in [0.1, 0.15) is 24.5 Å². The molecule has 24 heavy (non-hydrogen) atoms. The Kier molecular flexibility index (Phi) is 6.61. The summed E-state index contributed by atoms with van der Waals surface area (Å²) in [6, 6.07) is 6.05. The number of benzene rings is 1. The molecule has 1 fully saturated rings. The van der Waals surface area contributed by atoms with E-state index in [9.17, 15) is 9.59 Å². The second-order valence-corrected chi connectivity index (χ2v) is 6.36. The molecule has 0 radical (unpaired) electrons. The molecule has 0 aromatic heterocycles. The van der Waals surface area contributed by atoms with Crippen molar-refractivity contribution >= 4 is 17.7 Å². The predicted molar refractivity (Wildman–Crippen MR) is 93.3 cm³/mol. The number of nitrogens with one attached hydrogen (secondary N) is 2. The lowest BCUT2D eigenvalue weighted by atomic mass is 10.1. The molecule has 0 atom stereocenters. The van der Waals surface area contributed by atoms with Gasteiger partial charge in [-0.1, -0.05) is 6.07 Å². The third-order valence-electron chi connectivity index (χ3n) is 4.21. The van der Waals surface area contributed by atoms with E-state index in [1.165, 1.54) is 4.90 Å². The number of amides is 2. The number of quaternary nitrogens is 1. The fourth-order valence-electron chi connectivity index (χ4n) is 3.03. The summed E-state index contributed by atoms with van der Waals surface area (Å²) < 4.78 is 5.01. The molecular formula is C18H28N3O3+. The molecule has 1 aromatic carbocycles. The molecule has 2 N–H and O–H groups in total. The van der Waals surface area contributed by atoms with Crippen molar-refractivity contribution in [3.05, 3.63) is 29.3 Å². The first-order valence-corrected chi connectivity index (χ1v) is 8.61. The third kappa shape index (κ3) is 5.53. The van der Waals surface area contributed by atoms with Crippen molar-refractivity contribution < 1.29 is 19.2 Å². The van der Waals surface area contributed by atoms with Crippen molar-refractivity contribution in [1.29, 1.82) is 0 Å². The van der Waals surface area contributed by atoms with Crippen LogP contribution in [-0.4, -0.2) is 56.2 Å². The Balaban J connectivity index is 1.72. The fraction of sp³-hybridized carbons (Fsp3) is 0.556. The lowest BCUT2D eigenvalue weighted by Gasteiger charge is -2.31. The van der Waals surface area contributed by atoms with Crippen molar-refractivity contribution in [2.24, 2.45) is 0 Å². The van der Waals surface area contributed by atoms with E-state index in [0.717, 1.165) is 36.4 Å². The van der Waals surface area contributed by atoms with E-state index in [0.29, 0.717) is 26.1 Å². The predicted octanol–water partition coefficient (Wildman–Crippen LogP) is 0.989. The summed E-state index contributed by atoms with van der Waals surface area (Å²) >= 11 is 0. The number of nitrogens with zero attached hydrogens (tertiary/aromatic N) is 1. The van der Waals surface area contributed by atoms with Gasteiger partial charge in [-0.3, -0.25) is 9.69 Å². The van der Waals surface area contributed by atoms with Crippen molar-refractivity contribution in [2.45, 2.75) is 27.2 Å². The van der Waals surface area contributed by atoms with Gasteiger partial charge in [0.05, 0.1) is 45.8 Å². The van der Waals surface area contributed by atoms with Gasteiger partial charge in [-0.2, -0.15) is 0 Å². The lowest BCUT2D eigenvalue weighted by molar-refractivity contribution is -0.903. The SMILES string of the molecule is CCOC(=O)N1CC[NH+](CCC(=O)Nc2cc(C)cc(C)c2)CC1. The van der Waals surface area contributed by atoms with Crippen LogP contribution in [0.4, 0.5) is 10.5 Å². The minimum absolute atomic E-state index is 0.0420. The molecule has 132 valence electrons. The van der Waals surface area contributed by atoms with Gasteiger partial charge in [0.15, 0.2) is 0 Å². The van der Waals surface area contributed by atoms with Crippen molar-refractivity contribution in [3.8, 4) is 0 Å². The monoisotopic (exact) mass is 334 g/mol. The molecule has 2 amide bonds. The Labute approximate surface area is 143 Å². The van der Waals surface area contributed by atoms with E-state index < -0.39 is 0 Å². The van der Waals surface area contributed by atoms with Crippen LogP contribution >= 0.6 is 0 Å².